The number of rotatable bonds is 6. The summed E-state index contributed by atoms with van der Waals surface area (Å²) in [6.45, 7) is 4.67. The molecule has 0 spiro atoms. The Morgan fingerprint density at radius 3 is 2.42 bits per heavy atom. The molecule has 0 aliphatic carbocycles. The Bertz CT molecular complexity index is 435. The van der Waals surface area contributed by atoms with Gasteiger partial charge in [0.25, 0.3) is 0 Å². The van der Waals surface area contributed by atoms with E-state index in [1.807, 2.05) is 19.9 Å². The van der Waals surface area contributed by atoms with Crippen molar-refractivity contribution < 1.29 is 14.3 Å². The molecule has 1 amide bonds. The molecule has 1 aromatic carbocycles. The number of hydrogen-bond donors (Lipinski definition) is 1. The third kappa shape index (κ3) is 3.38. The van der Waals surface area contributed by atoms with Gasteiger partial charge in [0.1, 0.15) is 0 Å². The first-order chi connectivity index (χ1) is 9.08. The summed E-state index contributed by atoms with van der Waals surface area (Å²) in [6.07, 6.45) is 0. The summed E-state index contributed by atoms with van der Waals surface area (Å²) >= 11 is 0. The van der Waals surface area contributed by atoms with E-state index in [0.29, 0.717) is 24.6 Å². The summed E-state index contributed by atoms with van der Waals surface area (Å²) in [5.41, 5.74) is 6.34. The molecule has 1 aromatic rings. The van der Waals surface area contributed by atoms with Crippen molar-refractivity contribution in [3.8, 4) is 11.5 Å². The largest absolute Gasteiger partial charge is 0.493 e. The predicted molar refractivity (Wildman–Crippen MR) is 75.8 cm³/mol. The van der Waals surface area contributed by atoms with Crippen LogP contribution in [0.3, 0.4) is 0 Å². The zero-order valence-corrected chi connectivity index (χ0v) is 12.0. The smallest absolute Gasteiger partial charge is 0.231 e. The van der Waals surface area contributed by atoms with Crippen molar-refractivity contribution in [2.75, 3.05) is 32.2 Å². The maximum atomic E-state index is 12.2. The van der Waals surface area contributed by atoms with Gasteiger partial charge >= 0.3 is 0 Å². The first-order valence-corrected chi connectivity index (χ1v) is 6.32. The Balaban J connectivity index is 3.08. The molecule has 0 radical (unpaired) electrons. The molecule has 5 nitrogen and oxygen atoms in total. The highest BCUT2D eigenvalue weighted by atomic mass is 16.5. The highest BCUT2D eigenvalue weighted by molar-refractivity contribution is 5.95. The van der Waals surface area contributed by atoms with Crippen LogP contribution in [0.2, 0.25) is 0 Å². The van der Waals surface area contributed by atoms with Gasteiger partial charge in [0.2, 0.25) is 5.91 Å². The van der Waals surface area contributed by atoms with Crippen LogP contribution in [0.15, 0.2) is 18.2 Å². The van der Waals surface area contributed by atoms with Crippen molar-refractivity contribution >= 4 is 11.6 Å². The molecule has 106 valence electrons. The van der Waals surface area contributed by atoms with Gasteiger partial charge in [0.15, 0.2) is 11.5 Å². The van der Waals surface area contributed by atoms with E-state index < -0.39 is 0 Å². The summed E-state index contributed by atoms with van der Waals surface area (Å²) in [5.74, 6) is 1.05. The Morgan fingerprint density at radius 1 is 1.32 bits per heavy atom. The van der Waals surface area contributed by atoms with Gasteiger partial charge in [-0.1, -0.05) is 6.92 Å². The summed E-state index contributed by atoms with van der Waals surface area (Å²) in [6, 6.07) is 5.42. The van der Waals surface area contributed by atoms with Crippen LogP contribution < -0.4 is 20.1 Å². The third-order valence-corrected chi connectivity index (χ3v) is 3.04. The number of nitrogens with two attached hydrogens (primary N) is 1. The lowest BCUT2D eigenvalue weighted by Gasteiger charge is -2.24. The van der Waals surface area contributed by atoms with Gasteiger partial charge in [-0.15, -0.1) is 0 Å². The van der Waals surface area contributed by atoms with Crippen LogP contribution in [0.1, 0.15) is 13.8 Å². The molecule has 0 heterocycles. The molecule has 0 aliphatic rings. The van der Waals surface area contributed by atoms with Crippen LogP contribution in [0.25, 0.3) is 0 Å². The van der Waals surface area contributed by atoms with Gasteiger partial charge in [-0.3, -0.25) is 4.79 Å². The third-order valence-electron chi connectivity index (χ3n) is 3.04. The number of carbonyl (C=O) groups excluding carboxylic acids is 1. The molecule has 5 heteroatoms. The Kier molecular flexibility index (Phi) is 5.63. The Hall–Kier alpha value is -1.75. The van der Waals surface area contributed by atoms with Gasteiger partial charge in [-0.2, -0.15) is 0 Å². The molecule has 0 saturated carbocycles. The number of anilines is 1. The molecule has 0 aromatic heterocycles. The summed E-state index contributed by atoms with van der Waals surface area (Å²) < 4.78 is 10.4. The first-order valence-electron chi connectivity index (χ1n) is 6.32. The summed E-state index contributed by atoms with van der Waals surface area (Å²) in [4.78, 5) is 13.9. The van der Waals surface area contributed by atoms with Gasteiger partial charge in [0.05, 0.1) is 14.2 Å². The summed E-state index contributed by atoms with van der Waals surface area (Å²) in [7, 11) is 3.15. The first kappa shape index (κ1) is 15.3. The number of ether oxygens (including phenoxy) is 2. The highest BCUT2D eigenvalue weighted by Crippen LogP contribution is 2.31. The van der Waals surface area contributed by atoms with Crippen LogP contribution in [0.4, 0.5) is 5.69 Å². The minimum absolute atomic E-state index is 0.0113. The van der Waals surface area contributed by atoms with Crippen molar-refractivity contribution in [2.24, 2.45) is 11.7 Å². The van der Waals surface area contributed by atoms with Crippen molar-refractivity contribution in [1.82, 2.24) is 0 Å². The van der Waals surface area contributed by atoms with Crippen molar-refractivity contribution in [2.45, 2.75) is 13.8 Å². The zero-order chi connectivity index (χ0) is 14.4. The lowest BCUT2D eigenvalue weighted by Crippen LogP contribution is -2.37. The number of nitrogens with zero attached hydrogens (tertiary/aromatic N) is 1. The van der Waals surface area contributed by atoms with Gasteiger partial charge < -0.3 is 20.1 Å². The number of carbonyl (C=O) groups is 1. The maximum Gasteiger partial charge on any atom is 0.231 e. The average molecular weight is 266 g/mol. The van der Waals surface area contributed by atoms with Crippen molar-refractivity contribution in [3.05, 3.63) is 18.2 Å². The van der Waals surface area contributed by atoms with E-state index in [9.17, 15) is 4.79 Å². The zero-order valence-electron chi connectivity index (χ0n) is 12.0. The second-order valence-electron chi connectivity index (χ2n) is 4.26. The Labute approximate surface area is 114 Å². The molecule has 0 fully saturated rings. The van der Waals surface area contributed by atoms with Gasteiger partial charge in [-0.05, 0) is 19.1 Å². The molecule has 2 N–H and O–H groups in total. The lowest BCUT2D eigenvalue weighted by molar-refractivity contribution is -0.121. The fourth-order valence-corrected chi connectivity index (χ4v) is 1.83. The lowest BCUT2D eigenvalue weighted by atomic mass is 10.1. The van der Waals surface area contributed by atoms with E-state index in [0.717, 1.165) is 5.69 Å². The quantitative estimate of drug-likeness (QED) is 0.850. The fraction of sp³-hybridized carbons (Fsp3) is 0.500. The standard InChI is InChI=1S/C14H22N2O3/c1-5-16(14(17)10(2)9-15)11-6-7-12(18-3)13(8-11)19-4/h6-8,10H,5,9,15H2,1-4H3. The van der Waals surface area contributed by atoms with E-state index in [1.54, 1.807) is 31.3 Å². The second-order valence-corrected chi connectivity index (χ2v) is 4.26. The fourth-order valence-electron chi connectivity index (χ4n) is 1.83. The maximum absolute atomic E-state index is 12.2. The second kappa shape index (κ2) is 6.99. The average Bonchev–Trinajstić information content (AvgIpc) is 2.46. The molecular formula is C14H22N2O3. The normalized spacial score (nSPS) is 11.8. The van der Waals surface area contributed by atoms with Crippen LogP contribution >= 0.6 is 0 Å². The van der Waals surface area contributed by atoms with E-state index in [-0.39, 0.29) is 11.8 Å². The number of benzene rings is 1. The molecule has 19 heavy (non-hydrogen) atoms. The topological polar surface area (TPSA) is 64.8 Å². The highest BCUT2D eigenvalue weighted by Gasteiger charge is 2.20. The molecular weight excluding hydrogens is 244 g/mol. The summed E-state index contributed by atoms with van der Waals surface area (Å²) in [5, 5.41) is 0. The van der Waals surface area contributed by atoms with Gasteiger partial charge in [-0.25, -0.2) is 0 Å². The minimum atomic E-state index is -0.201. The molecule has 1 atom stereocenters. The SMILES string of the molecule is CCN(C(=O)C(C)CN)c1ccc(OC)c(OC)c1. The molecule has 1 rings (SSSR count). The van der Waals surface area contributed by atoms with Gasteiger partial charge in [0, 0.05) is 30.8 Å². The van der Waals surface area contributed by atoms with E-state index in [2.05, 4.69) is 0 Å². The van der Waals surface area contributed by atoms with Crippen LogP contribution in [0.5, 0.6) is 11.5 Å². The molecule has 0 bridgehead atoms. The number of methoxy groups -OCH3 is 2. The molecule has 0 aliphatic heterocycles. The minimum Gasteiger partial charge on any atom is -0.493 e. The van der Waals surface area contributed by atoms with E-state index in [4.69, 9.17) is 15.2 Å². The van der Waals surface area contributed by atoms with E-state index in [1.165, 1.54) is 0 Å². The monoisotopic (exact) mass is 266 g/mol. The number of amides is 1. The van der Waals surface area contributed by atoms with Crippen molar-refractivity contribution in [3.63, 3.8) is 0 Å². The van der Waals surface area contributed by atoms with Crippen LogP contribution in [-0.4, -0.2) is 33.2 Å². The van der Waals surface area contributed by atoms with Crippen LogP contribution in [-0.2, 0) is 4.79 Å². The molecule has 0 saturated heterocycles. The number of hydrogen-bond acceptors (Lipinski definition) is 4. The van der Waals surface area contributed by atoms with E-state index >= 15 is 0 Å². The predicted octanol–water partition coefficient (Wildman–Crippen LogP) is 1.65. The van der Waals surface area contributed by atoms with Crippen molar-refractivity contribution in [1.29, 1.82) is 0 Å². The Morgan fingerprint density at radius 2 is 1.95 bits per heavy atom. The van der Waals surface area contributed by atoms with Crippen LogP contribution in [0, 0.1) is 5.92 Å². The molecule has 1 unspecified atom stereocenters.